The number of rotatable bonds is 4. The van der Waals surface area contributed by atoms with Gasteiger partial charge in [0.1, 0.15) is 11.6 Å². The molecule has 0 aliphatic carbocycles. The fraction of sp³-hybridized carbons (Fsp3) is 0.0435. The minimum atomic E-state index is -0.277. The molecule has 0 aliphatic rings. The first-order chi connectivity index (χ1) is 15.2. The van der Waals surface area contributed by atoms with E-state index in [0.717, 1.165) is 43.8 Å². The number of hydrogen-bond acceptors (Lipinski definition) is 4. The minimum Gasteiger partial charge on any atom is -0.294 e. The van der Waals surface area contributed by atoms with Crippen LogP contribution in [-0.2, 0) is 6.42 Å². The van der Waals surface area contributed by atoms with Crippen molar-refractivity contribution in [3.63, 3.8) is 0 Å². The Morgan fingerprint density at radius 2 is 1.06 bits per heavy atom. The lowest BCUT2D eigenvalue weighted by Crippen LogP contribution is -2.00. The summed E-state index contributed by atoms with van der Waals surface area (Å²) in [4.78, 5) is 11.4. The lowest BCUT2D eigenvalue weighted by molar-refractivity contribution is 0.627. The molecule has 4 aromatic heterocycles. The Morgan fingerprint density at radius 3 is 1.48 bits per heavy atom. The molecule has 0 saturated carbocycles. The molecule has 6 rings (SSSR count). The molecular formula is C23H14F2N4S2. The van der Waals surface area contributed by atoms with E-state index >= 15 is 0 Å². The SMILES string of the molecule is Fc1ccc(-c2nc3sccn3c2Cc2c(-c3ccc(F)cc3)nc3sccn23)cc1. The summed E-state index contributed by atoms with van der Waals surface area (Å²) in [6.07, 6.45) is 4.56. The molecule has 0 N–H and O–H groups in total. The van der Waals surface area contributed by atoms with E-state index in [1.165, 1.54) is 24.3 Å². The van der Waals surface area contributed by atoms with Crippen molar-refractivity contribution in [3.05, 3.63) is 94.7 Å². The van der Waals surface area contributed by atoms with Crippen LogP contribution in [0.2, 0.25) is 0 Å². The minimum absolute atomic E-state index is 0.277. The molecule has 0 spiro atoms. The van der Waals surface area contributed by atoms with Crippen molar-refractivity contribution in [2.75, 3.05) is 0 Å². The second-order valence-electron chi connectivity index (χ2n) is 7.12. The van der Waals surface area contributed by atoms with E-state index < -0.39 is 0 Å². The highest BCUT2D eigenvalue weighted by atomic mass is 32.1. The number of thiazole rings is 2. The third-order valence-electron chi connectivity index (χ3n) is 5.29. The number of benzene rings is 2. The van der Waals surface area contributed by atoms with Gasteiger partial charge in [0.25, 0.3) is 0 Å². The predicted molar refractivity (Wildman–Crippen MR) is 120 cm³/mol. The number of imidazole rings is 2. The maximum Gasteiger partial charge on any atom is 0.194 e. The van der Waals surface area contributed by atoms with Crippen molar-refractivity contribution in [1.29, 1.82) is 0 Å². The van der Waals surface area contributed by atoms with Gasteiger partial charge in [-0.05, 0) is 48.5 Å². The number of aromatic nitrogens is 4. The zero-order chi connectivity index (χ0) is 20.9. The normalized spacial score (nSPS) is 11.7. The van der Waals surface area contributed by atoms with Gasteiger partial charge in [0.05, 0.1) is 22.8 Å². The van der Waals surface area contributed by atoms with Crippen LogP contribution in [0.1, 0.15) is 11.4 Å². The molecule has 6 aromatic rings. The Balaban J connectivity index is 1.55. The lowest BCUT2D eigenvalue weighted by atomic mass is 10.0. The number of halogens is 2. The van der Waals surface area contributed by atoms with Crippen LogP contribution in [-0.4, -0.2) is 18.8 Å². The molecule has 4 nitrogen and oxygen atoms in total. The van der Waals surface area contributed by atoms with Gasteiger partial charge in [0.15, 0.2) is 9.92 Å². The van der Waals surface area contributed by atoms with Gasteiger partial charge in [0.2, 0.25) is 0 Å². The smallest absolute Gasteiger partial charge is 0.194 e. The van der Waals surface area contributed by atoms with Gasteiger partial charge >= 0.3 is 0 Å². The Morgan fingerprint density at radius 1 is 0.645 bits per heavy atom. The average molecular weight is 449 g/mol. The lowest BCUT2D eigenvalue weighted by Gasteiger charge is -2.07. The van der Waals surface area contributed by atoms with E-state index in [1.54, 1.807) is 46.9 Å². The molecule has 0 bridgehead atoms. The summed E-state index contributed by atoms with van der Waals surface area (Å²) in [5.41, 5.74) is 5.37. The van der Waals surface area contributed by atoms with Crippen molar-refractivity contribution >= 4 is 32.6 Å². The van der Waals surface area contributed by atoms with Gasteiger partial charge in [-0.15, -0.1) is 22.7 Å². The number of nitrogens with zero attached hydrogens (tertiary/aromatic N) is 4. The fourth-order valence-electron chi connectivity index (χ4n) is 3.84. The van der Waals surface area contributed by atoms with Crippen LogP contribution in [0, 0.1) is 11.6 Å². The van der Waals surface area contributed by atoms with Crippen molar-refractivity contribution in [2.45, 2.75) is 6.42 Å². The molecule has 0 saturated heterocycles. The highest BCUT2D eigenvalue weighted by Crippen LogP contribution is 2.33. The van der Waals surface area contributed by atoms with Gasteiger partial charge in [-0.3, -0.25) is 8.80 Å². The second-order valence-corrected chi connectivity index (χ2v) is 8.86. The van der Waals surface area contributed by atoms with E-state index in [4.69, 9.17) is 9.97 Å². The van der Waals surface area contributed by atoms with Gasteiger partial charge < -0.3 is 0 Å². The number of hydrogen-bond donors (Lipinski definition) is 0. The molecule has 0 radical (unpaired) electrons. The van der Waals surface area contributed by atoms with Crippen LogP contribution in [0.4, 0.5) is 8.78 Å². The summed E-state index contributed by atoms with van der Waals surface area (Å²) in [6, 6.07) is 12.8. The molecular weight excluding hydrogens is 434 g/mol. The van der Waals surface area contributed by atoms with E-state index in [0.29, 0.717) is 6.42 Å². The Bertz CT molecular complexity index is 1410. The van der Waals surface area contributed by atoms with Crippen LogP contribution in [0.5, 0.6) is 0 Å². The quantitative estimate of drug-likeness (QED) is 0.317. The van der Waals surface area contributed by atoms with Crippen LogP contribution in [0.3, 0.4) is 0 Å². The topological polar surface area (TPSA) is 34.6 Å². The molecule has 8 heteroatoms. The molecule has 31 heavy (non-hydrogen) atoms. The van der Waals surface area contributed by atoms with Gasteiger partial charge in [-0.1, -0.05) is 0 Å². The first kappa shape index (κ1) is 18.4. The first-order valence-electron chi connectivity index (χ1n) is 9.58. The highest BCUT2D eigenvalue weighted by Gasteiger charge is 2.21. The van der Waals surface area contributed by atoms with Crippen LogP contribution in [0.25, 0.3) is 32.4 Å². The monoisotopic (exact) mass is 448 g/mol. The largest absolute Gasteiger partial charge is 0.294 e. The zero-order valence-corrected chi connectivity index (χ0v) is 17.6. The van der Waals surface area contributed by atoms with Crippen molar-refractivity contribution in [1.82, 2.24) is 18.8 Å². The molecule has 0 unspecified atom stereocenters. The number of fused-ring (bicyclic) bond motifs is 2. The fourth-order valence-corrected chi connectivity index (χ4v) is 5.31. The summed E-state index contributed by atoms with van der Waals surface area (Å²) in [5, 5.41) is 4.00. The third kappa shape index (κ3) is 3.07. The van der Waals surface area contributed by atoms with Crippen LogP contribution >= 0.6 is 22.7 Å². The third-order valence-corrected chi connectivity index (χ3v) is 6.81. The van der Waals surface area contributed by atoms with E-state index in [2.05, 4.69) is 8.80 Å². The Hall–Kier alpha value is -3.36. The molecule has 0 amide bonds. The van der Waals surface area contributed by atoms with Crippen molar-refractivity contribution in [2.24, 2.45) is 0 Å². The van der Waals surface area contributed by atoms with E-state index in [-0.39, 0.29) is 11.6 Å². The summed E-state index contributed by atoms with van der Waals surface area (Å²) in [5.74, 6) is -0.554. The summed E-state index contributed by atoms with van der Waals surface area (Å²) in [7, 11) is 0. The van der Waals surface area contributed by atoms with E-state index in [9.17, 15) is 8.78 Å². The second kappa shape index (κ2) is 7.11. The van der Waals surface area contributed by atoms with Crippen LogP contribution in [0.15, 0.2) is 71.7 Å². The predicted octanol–water partition coefficient (Wildman–Crippen LogP) is 6.31. The van der Waals surface area contributed by atoms with Crippen LogP contribution < -0.4 is 0 Å². The summed E-state index contributed by atoms with van der Waals surface area (Å²) >= 11 is 3.11. The average Bonchev–Trinajstić information content (AvgIpc) is 3.53. The van der Waals surface area contributed by atoms with Gasteiger partial charge in [-0.2, -0.15) is 0 Å². The van der Waals surface area contributed by atoms with Crippen molar-refractivity contribution < 1.29 is 8.78 Å². The standard InChI is InChI=1S/C23H14F2N4S2/c24-16-5-1-14(2-6-16)20-18(28-9-11-30-22(28)26-20)13-19-21(15-3-7-17(25)8-4-15)27-23-29(19)10-12-31-23/h1-12H,13H2. The first-order valence-corrected chi connectivity index (χ1v) is 11.3. The van der Waals surface area contributed by atoms with Gasteiger partial charge in [-0.25, -0.2) is 18.7 Å². The maximum atomic E-state index is 13.5. The molecule has 4 heterocycles. The Labute approximate surface area is 183 Å². The Kier molecular flexibility index (Phi) is 4.22. The zero-order valence-electron chi connectivity index (χ0n) is 16.0. The van der Waals surface area contributed by atoms with Crippen molar-refractivity contribution in [3.8, 4) is 22.5 Å². The summed E-state index contributed by atoms with van der Waals surface area (Å²) in [6.45, 7) is 0. The summed E-state index contributed by atoms with van der Waals surface area (Å²) < 4.78 is 31.1. The molecule has 0 aliphatic heterocycles. The van der Waals surface area contributed by atoms with Gasteiger partial charge in [0, 0.05) is 40.7 Å². The molecule has 2 aromatic carbocycles. The molecule has 0 atom stereocenters. The maximum absolute atomic E-state index is 13.5. The van der Waals surface area contributed by atoms with E-state index in [1.807, 2.05) is 23.2 Å². The highest BCUT2D eigenvalue weighted by molar-refractivity contribution is 7.15. The molecule has 152 valence electrons. The molecule has 0 fully saturated rings.